The lowest BCUT2D eigenvalue weighted by molar-refractivity contribution is -0.137. The second kappa shape index (κ2) is 4.70. The van der Waals surface area contributed by atoms with E-state index < -0.39 is 11.7 Å². The van der Waals surface area contributed by atoms with Crippen LogP contribution in [0.2, 0.25) is 0 Å². The molecular formula is C13H14F3N3. The highest BCUT2D eigenvalue weighted by molar-refractivity contribution is 5.65. The lowest BCUT2D eigenvalue weighted by Crippen LogP contribution is -2.05. The van der Waals surface area contributed by atoms with Gasteiger partial charge in [0.05, 0.1) is 17.0 Å². The van der Waals surface area contributed by atoms with Crippen molar-refractivity contribution >= 4 is 0 Å². The first-order chi connectivity index (χ1) is 8.84. The number of hydrogen-bond donors (Lipinski definition) is 1. The first-order valence-corrected chi connectivity index (χ1v) is 5.74. The Morgan fingerprint density at radius 2 is 1.79 bits per heavy atom. The zero-order chi connectivity index (χ0) is 14.2. The molecule has 6 heteroatoms. The van der Waals surface area contributed by atoms with Crippen LogP contribution in [0.5, 0.6) is 0 Å². The summed E-state index contributed by atoms with van der Waals surface area (Å²) in [5.74, 6) is 0. The number of hydrogen-bond acceptors (Lipinski definition) is 2. The molecule has 2 rings (SSSR count). The van der Waals surface area contributed by atoms with Gasteiger partial charge in [0.2, 0.25) is 0 Å². The Morgan fingerprint density at radius 1 is 1.21 bits per heavy atom. The van der Waals surface area contributed by atoms with Gasteiger partial charge in [-0.25, -0.2) is 0 Å². The third-order valence-corrected chi connectivity index (χ3v) is 3.04. The third kappa shape index (κ3) is 2.49. The molecule has 0 saturated carbocycles. The Bertz CT molecular complexity index is 582. The predicted octanol–water partition coefficient (Wildman–Crippen LogP) is 2.87. The average Bonchev–Trinajstić information content (AvgIpc) is 2.62. The largest absolute Gasteiger partial charge is 0.416 e. The second-order valence-electron chi connectivity index (χ2n) is 4.32. The quantitative estimate of drug-likeness (QED) is 0.911. The number of aryl methyl sites for hydroxylation is 2. The normalized spacial score (nSPS) is 11.9. The van der Waals surface area contributed by atoms with Gasteiger partial charge in [-0.1, -0.05) is 12.1 Å². The van der Waals surface area contributed by atoms with Gasteiger partial charge in [0.1, 0.15) is 0 Å². The van der Waals surface area contributed by atoms with Crippen molar-refractivity contribution < 1.29 is 13.2 Å². The van der Waals surface area contributed by atoms with Gasteiger partial charge < -0.3 is 5.73 Å². The van der Waals surface area contributed by atoms with E-state index in [4.69, 9.17) is 5.73 Å². The summed E-state index contributed by atoms with van der Waals surface area (Å²) in [6.45, 7) is 2.13. The maximum atomic E-state index is 12.5. The summed E-state index contributed by atoms with van der Waals surface area (Å²) in [7, 11) is 1.75. The average molecular weight is 269 g/mol. The highest BCUT2D eigenvalue weighted by Gasteiger charge is 2.30. The highest BCUT2D eigenvalue weighted by Crippen LogP contribution is 2.32. The first kappa shape index (κ1) is 13.6. The van der Waals surface area contributed by atoms with Crippen LogP contribution >= 0.6 is 0 Å². The van der Waals surface area contributed by atoms with E-state index in [0.29, 0.717) is 12.1 Å². The van der Waals surface area contributed by atoms with E-state index in [0.717, 1.165) is 29.1 Å². The summed E-state index contributed by atoms with van der Waals surface area (Å²) in [6, 6.07) is 5.02. The van der Waals surface area contributed by atoms with E-state index in [2.05, 4.69) is 5.10 Å². The Kier molecular flexibility index (Phi) is 3.36. The molecule has 0 unspecified atom stereocenters. The molecule has 0 bridgehead atoms. The minimum absolute atomic E-state index is 0.302. The molecule has 1 heterocycles. The van der Waals surface area contributed by atoms with Crippen molar-refractivity contribution in [3.05, 3.63) is 41.1 Å². The van der Waals surface area contributed by atoms with Crippen molar-refractivity contribution in [3.8, 4) is 11.3 Å². The van der Waals surface area contributed by atoms with Crippen molar-refractivity contribution in [3.63, 3.8) is 0 Å². The number of nitrogens with two attached hydrogens (primary N) is 1. The molecule has 1 aromatic carbocycles. The van der Waals surface area contributed by atoms with Crippen LogP contribution in [0.3, 0.4) is 0 Å². The Morgan fingerprint density at radius 3 is 2.26 bits per heavy atom. The minimum atomic E-state index is -4.32. The molecular weight excluding hydrogens is 255 g/mol. The van der Waals surface area contributed by atoms with Crippen LogP contribution in [-0.2, 0) is 19.8 Å². The summed E-state index contributed by atoms with van der Waals surface area (Å²) in [6.07, 6.45) is -4.32. The van der Waals surface area contributed by atoms with E-state index in [1.54, 1.807) is 11.7 Å². The Balaban J connectivity index is 2.49. The monoisotopic (exact) mass is 269 g/mol. The van der Waals surface area contributed by atoms with Crippen molar-refractivity contribution in [2.75, 3.05) is 0 Å². The van der Waals surface area contributed by atoms with Gasteiger partial charge in [-0.15, -0.1) is 0 Å². The number of aromatic nitrogens is 2. The van der Waals surface area contributed by atoms with Crippen LogP contribution in [0.4, 0.5) is 13.2 Å². The maximum absolute atomic E-state index is 12.5. The van der Waals surface area contributed by atoms with E-state index >= 15 is 0 Å². The van der Waals surface area contributed by atoms with Crippen molar-refractivity contribution in [2.45, 2.75) is 19.6 Å². The molecule has 0 fully saturated rings. The van der Waals surface area contributed by atoms with E-state index in [1.165, 1.54) is 12.1 Å². The van der Waals surface area contributed by atoms with Gasteiger partial charge in [-0.3, -0.25) is 4.68 Å². The molecule has 102 valence electrons. The zero-order valence-corrected chi connectivity index (χ0v) is 10.6. The van der Waals surface area contributed by atoms with Gasteiger partial charge in [0.25, 0.3) is 0 Å². The fourth-order valence-electron chi connectivity index (χ4n) is 2.12. The van der Waals surface area contributed by atoms with Gasteiger partial charge >= 0.3 is 6.18 Å². The maximum Gasteiger partial charge on any atom is 0.416 e. The molecule has 2 aromatic rings. The summed E-state index contributed by atoms with van der Waals surface area (Å²) in [5, 5.41) is 4.24. The minimum Gasteiger partial charge on any atom is -0.326 e. The standard InChI is InChI=1S/C13H14F3N3/c1-8-11(7-17)12(19(2)18-8)9-3-5-10(6-4-9)13(14,15)16/h3-6H,7,17H2,1-2H3. The molecule has 0 aliphatic carbocycles. The lowest BCUT2D eigenvalue weighted by Gasteiger charge is -2.09. The summed E-state index contributed by atoms with van der Waals surface area (Å²) in [4.78, 5) is 0. The first-order valence-electron chi connectivity index (χ1n) is 5.74. The number of rotatable bonds is 2. The van der Waals surface area contributed by atoms with Gasteiger partial charge in [0, 0.05) is 24.7 Å². The summed E-state index contributed by atoms with van der Waals surface area (Å²) >= 11 is 0. The SMILES string of the molecule is Cc1nn(C)c(-c2ccc(C(F)(F)F)cc2)c1CN. The van der Waals surface area contributed by atoms with Gasteiger partial charge in [0.15, 0.2) is 0 Å². The van der Waals surface area contributed by atoms with Crippen molar-refractivity contribution in [2.24, 2.45) is 12.8 Å². The lowest BCUT2D eigenvalue weighted by atomic mass is 10.0. The Labute approximate surface area is 108 Å². The fraction of sp³-hybridized carbons (Fsp3) is 0.308. The smallest absolute Gasteiger partial charge is 0.326 e. The van der Waals surface area contributed by atoms with Crippen LogP contribution in [0.1, 0.15) is 16.8 Å². The molecule has 0 radical (unpaired) electrons. The molecule has 0 saturated heterocycles. The topological polar surface area (TPSA) is 43.8 Å². The number of nitrogens with zero attached hydrogens (tertiary/aromatic N) is 2. The molecule has 2 N–H and O–H groups in total. The predicted molar refractivity (Wildman–Crippen MR) is 66.3 cm³/mol. The van der Waals surface area contributed by atoms with Crippen LogP contribution in [0.15, 0.2) is 24.3 Å². The molecule has 3 nitrogen and oxygen atoms in total. The molecule has 1 aromatic heterocycles. The molecule has 0 spiro atoms. The third-order valence-electron chi connectivity index (χ3n) is 3.04. The summed E-state index contributed by atoms with van der Waals surface area (Å²) in [5.41, 5.74) is 8.08. The number of benzene rings is 1. The Hall–Kier alpha value is -1.82. The van der Waals surface area contributed by atoms with E-state index in [9.17, 15) is 13.2 Å². The van der Waals surface area contributed by atoms with Crippen LogP contribution in [-0.4, -0.2) is 9.78 Å². The molecule has 0 aliphatic rings. The molecule has 0 amide bonds. The fourth-order valence-corrected chi connectivity index (χ4v) is 2.12. The van der Waals surface area contributed by atoms with Crippen molar-refractivity contribution in [1.82, 2.24) is 9.78 Å². The molecule has 0 atom stereocenters. The summed E-state index contributed by atoms with van der Waals surface area (Å²) < 4.78 is 39.2. The highest BCUT2D eigenvalue weighted by atomic mass is 19.4. The van der Waals surface area contributed by atoms with Gasteiger partial charge in [-0.05, 0) is 19.1 Å². The van der Waals surface area contributed by atoms with Crippen LogP contribution < -0.4 is 5.73 Å². The number of alkyl halides is 3. The number of halogens is 3. The van der Waals surface area contributed by atoms with E-state index in [-0.39, 0.29) is 0 Å². The van der Waals surface area contributed by atoms with Crippen molar-refractivity contribution in [1.29, 1.82) is 0 Å². The van der Waals surface area contributed by atoms with Crippen LogP contribution in [0.25, 0.3) is 11.3 Å². The zero-order valence-electron chi connectivity index (χ0n) is 10.6. The molecule has 0 aliphatic heterocycles. The van der Waals surface area contributed by atoms with Crippen LogP contribution in [0, 0.1) is 6.92 Å². The second-order valence-corrected chi connectivity index (χ2v) is 4.32. The molecule has 19 heavy (non-hydrogen) atoms. The van der Waals surface area contributed by atoms with Gasteiger partial charge in [-0.2, -0.15) is 18.3 Å². The van der Waals surface area contributed by atoms with E-state index in [1.807, 2.05) is 6.92 Å².